The summed E-state index contributed by atoms with van der Waals surface area (Å²) in [6.45, 7) is 3.68. The van der Waals surface area contributed by atoms with Crippen molar-refractivity contribution < 1.29 is 14.3 Å². The normalized spacial score (nSPS) is 24.7. The van der Waals surface area contributed by atoms with Gasteiger partial charge >= 0.3 is 5.97 Å². The van der Waals surface area contributed by atoms with E-state index < -0.39 is 11.0 Å². The first kappa shape index (κ1) is 20.5. The fraction of sp³-hybridized carbons (Fsp3) is 0.409. The van der Waals surface area contributed by atoms with Crippen molar-refractivity contribution in [3.63, 3.8) is 0 Å². The number of allylic oxidation sites excluding steroid dienone is 1. The highest BCUT2D eigenvalue weighted by Crippen LogP contribution is 2.46. The van der Waals surface area contributed by atoms with Crippen LogP contribution < -0.4 is 5.56 Å². The molecule has 0 N–H and O–H groups in total. The van der Waals surface area contributed by atoms with E-state index in [2.05, 4.69) is 11.6 Å². The second-order valence-corrected chi connectivity index (χ2v) is 7.76. The molecule has 3 atom stereocenters. The largest absolute Gasteiger partial charge is 0.469 e. The van der Waals surface area contributed by atoms with Crippen molar-refractivity contribution in [2.24, 2.45) is 5.92 Å². The standard InChI is InChI=1S/C22H24ClNO4/c1-4-5-14-6-7-17-12-15(8-9-19(17)24-20(14)25)16-10-11-22(23,28-3)18(13-16)21(26)27-2/h4,6-9,12,16,18H,1,5,10-11,13H2,2-3H3. The fourth-order valence-electron chi connectivity index (χ4n) is 3.90. The van der Waals surface area contributed by atoms with Crippen molar-refractivity contribution in [3.05, 3.63) is 64.5 Å². The Morgan fingerprint density at radius 3 is 2.82 bits per heavy atom. The van der Waals surface area contributed by atoms with Crippen LogP contribution in [-0.4, -0.2) is 30.2 Å². The maximum atomic E-state index is 12.3. The molecular formula is C22H24ClNO4. The summed E-state index contributed by atoms with van der Waals surface area (Å²) in [5.74, 6) is -0.767. The monoisotopic (exact) mass is 401 g/mol. The summed E-state index contributed by atoms with van der Waals surface area (Å²) in [4.78, 5) is 28.7. The Hall–Kier alpha value is -2.24. The third-order valence-electron chi connectivity index (χ3n) is 5.55. The Labute approximate surface area is 169 Å². The van der Waals surface area contributed by atoms with Gasteiger partial charge in [0.2, 0.25) is 0 Å². The molecule has 3 rings (SSSR count). The zero-order valence-corrected chi connectivity index (χ0v) is 16.9. The molecule has 0 spiro atoms. The SMILES string of the molecule is C=CCc1ccc2cc(C3CCC(Cl)(OC)C(C(=O)OC)C3)ccc2nc1=O. The van der Waals surface area contributed by atoms with E-state index >= 15 is 0 Å². The minimum absolute atomic E-state index is 0.139. The molecule has 1 heterocycles. The van der Waals surface area contributed by atoms with Crippen LogP contribution >= 0.6 is 11.6 Å². The Morgan fingerprint density at radius 1 is 1.36 bits per heavy atom. The zero-order chi connectivity index (χ0) is 20.3. The number of fused-ring (bicyclic) bond motifs is 1. The fourth-order valence-corrected chi connectivity index (χ4v) is 4.19. The number of rotatable bonds is 5. The van der Waals surface area contributed by atoms with E-state index in [0.29, 0.717) is 30.3 Å². The highest BCUT2D eigenvalue weighted by Gasteiger charge is 2.47. The van der Waals surface area contributed by atoms with E-state index in [1.807, 2.05) is 24.3 Å². The smallest absolute Gasteiger partial charge is 0.312 e. The number of nitrogens with zero attached hydrogens (tertiary/aromatic N) is 1. The quantitative estimate of drug-likeness (QED) is 0.431. The lowest BCUT2D eigenvalue weighted by Crippen LogP contribution is -2.44. The number of halogens is 1. The van der Waals surface area contributed by atoms with Crippen LogP contribution in [0.4, 0.5) is 0 Å². The van der Waals surface area contributed by atoms with Crippen LogP contribution in [0, 0.1) is 5.92 Å². The molecule has 0 radical (unpaired) electrons. The summed E-state index contributed by atoms with van der Waals surface area (Å²) in [6.07, 6.45) is 4.05. The maximum absolute atomic E-state index is 12.3. The topological polar surface area (TPSA) is 65.5 Å². The minimum atomic E-state index is -1.04. The molecule has 6 heteroatoms. The molecule has 1 aliphatic rings. The molecule has 28 heavy (non-hydrogen) atoms. The van der Waals surface area contributed by atoms with Crippen LogP contribution in [-0.2, 0) is 20.7 Å². The van der Waals surface area contributed by atoms with Crippen LogP contribution in [0.1, 0.15) is 36.3 Å². The molecule has 0 bridgehead atoms. The number of alkyl halides is 1. The van der Waals surface area contributed by atoms with E-state index in [4.69, 9.17) is 21.1 Å². The number of hydrogen-bond acceptors (Lipinski definition) is 5. The second kappa shape index (κ2) is 8.41. The van der Waals surface area contributed by atoms with Crippen molar-refractivity contribution in [1.29, 1.82) is 0 Å². The molecule has 1 aromatic carbocycles. The number of carbonyl (C=O) groups excluding carboxylic acids is 1. The summed E-state index contributed by atoms with van der Waals surface area (Å²) in [5.41, 5.74) is 2.11. The molecule has 1 saturated carbocycles. The number of esters is 1. The number of benzene rings is 1. The number of ether oxygens (including phenoxy) is 2. The van der Waals surface area contributed by atoms with Crippen molar-refractivity contribution in [3.8, 4) is 0 Å². The van der Waals surface area contributed by atoms with Gasteiger partial charge in [-0.15, -0.1) is 6.58 Å². The van der Waals surface area contributed by atoms with Crippen molar-refractivity contribution in [2.75, 3.05) is 14.2 Å². The van der Waals surface area contributed by atoms with Crippen LogP contribution in [0.25, 0.3) is 10.9 Å². The van der Waals surface area contributed by atoms with Gasteiger partial charge in [0, 0.05) is 18.1 Å². The van der Waals surface area contributed by atoms with Gasteiger partial charge in [0.05, 0.1) is 12.6 Å². The lowest BCUT2D eigenvalue weighted by Gasteiger charge is -2.40. The van der Waals surface area contributed by atoms with Gasteiger partial charge in [-0.3, -0.25) is 9.59 Å². The Bertz CT molecular complexity index is 961. The molecule has 1 aromatic heterocycles. The average Bonchev–Trinajstić information content (AvgIpc) is 2.86. The molecule has 1 aliphatic carbocycles. The van der Waals surface area contributed by atoms with Crippen LogP contribution in [0.3, 0.4) is 0 Å². The first-order chi connectivity index (χ1) is 13.4. The van der Waals surface area contributed by atoms with E-state index in [1.54, 1.807) is 12.1 Å². The molecular weight excluding hydrogens is 378 g/mol. The second-order valence-electron chi connectivity index (χ2n) is 7.12. The summed E-state index contributed by atoms with van der Waals surface area (Å²) in [6, 6.07) is 9.57. The molecule has 0 aliphatic heterocycles. The number of carbonyl (C=O) groups is 1. The first-order valence-corrected chi connectivity index (χ1v) is 9.66. The first-order valence-electron chi connectivity index (χ1n) is 9.28. The number of hydrogen-bond donors (Lipinski definition) is 0. The summed E-state index contributed by atoms with van der Waals surface area (Å²) in [5, 5.41) is -0.153. The van der Waals surface area contributed by atoms with Crippen LogP contribution in [0.15, 0.2) is 47.8 Å². The molecule has 148 valence electrons. The molecule has 3 unspecified atom stereocenters. The van der Waals surface area contributed by atoms with E-state index in [9.17, 15) is 9.59 Å². The predicted molar refractivity (Wildman–Crippen MR) is 110 cm³/mol. The van der Waals surface area contributed by atoms with Crippen LogP contribution in [0.5, 0.6) is 0 Å². The highest BCUT2D eigenvalue weighted by atomic mass is 35.5. The summed E-state index contributed by atoms with van der Waals surface area (Å²) < 4.78 is 10.4. The summed E-state index contributed by atoms with van der Waals surface area (Å²) >= 11 is 6.55. The van der Waals surface area contributed by atoms with Gasteiger partial charge in [-0.2, -0.15) is 0 Å². The van der Waals surface area contributed by atoms with E-state index in [1.165, 1.54) is 14.2 Å². The maximum Gasteiger partial charge on any atom is 0.312 e. The molecule has 2 aromatic rings. The van der Waals surface area contributed by atoms with Gasteiger partial charge in [0.1, 0.15) is 5.92 Å². The highest BCUT2D eigenvalue weighted by molar-refractivity contribution is 6.24. The van der Waals surface area contributed by atoms with Crippen molar-refractivity contribution in [2.45, 2.75) is 36.7 Å². The van der Waals surface area contributed by atoms with E-state index in [-0.39, 0.29) is 17.4 Å². The van der Waals surface area contributed by atoms with Gasteiger partial charge in [-0.25, -0.2) is 4.98 Å². The van der Waals surface area contributed by atoms with Crippen LogP contribution in [0.2, 0.25) is 0 Å². The molecule has 1 fully saturated rings. The van der Waals surface area contributed by atoms with Gasteiger partial charge in [-0.1, -0.05) is 35.9 Å². The zero-order valence-electron chi connectivity index (χ0n) is 16.1. The number of methoxy groups -OCH3 is 2. The lowest BCUT2D eigenvalue weighted by atomic mass is 9.75. The Morgan fingerprint density at radius 2 is 2.14 bits per heavy atom. The van der Waals surface area contributed by atoms with Crippen molar-refractivity contribution in [1.82, 2.24) is 4.98 Å². The Kier molecular flexibility index (Phi) is 6.16. The van der Waals surface area contributed by atoms with E-state index in [0.717, 1.165) is 17.4 Å². The molecule has 0 saturated heterocycles. The molecule has 0 amide bonds. The average molecular weight is 402 g/mol. The molecule has 5 nitrogen and oxygen atoms in total. The number of aromatic nitrogens is 1. The van der Waals surface area contributed by atoms with Gasteiger partial charge in [-0.05, 0) is 49.3 Å². The van der Waals surface area contributed by atoms with Gasteiger partial charge in [0.25, 0.3) is 5.56 Å². The minimum Gasteiger partial charge on any atom is -0.469 e. The third-order valence-corrected chi connectivity index (χ3v) is 6.15. The van der Waals surface area contributed by atoms with Gasteiger partial charge in [0.15, 0.2) is 5.06 Å². The van der Waals surface area contributed by atoms with Gasteiger partial charge < -0.3 is 9.47 Å². The lowest BCUT2D eigenvalue weighted by molar-refractivity contribution is -0.155. The summed E-state index contributed by atoms with van der Waals surface area (Å²) in [7, 11) is 2.88. The predicted octanol–water partition coefficient (Wildman–Crippen LogP) is 3.96. The Balaban J connectivity index is 1.96. The third kappa shape index (κ3) is 3.96. The van der Waals surface area contributed by atoms with Crippen molar-refractivity contribution >= 4 is 28.5 Å².